The molecule has 1 aliphatic heterocycles. The second kappa shape index (κ2) is 20.4. The summed E-state index contributed by atoms with van der Waals surface area (Å²) in [6.45, 7) is 15.4. The number of carboxylic acids is 1. The molecular formula is C45H70O7Si. The number of unbranched alkanes of at least 4 members (excludes halogenated alkanes) is 7. The summed E-state index contributed by atoms with van der Waals surface area (Å²) in [5, 5.41) is 10.2. The van der Waals surface area contributed by atoms with Crippen LogP contribution in [-0.4, -0.2) is 56.1 Å². The van der Waals surface area contributed by atoms with Gasteiger partial charge in [-0.1, -0.05) is 128 Å². The van der Waals surface area contributed by atoms with Crippen molar-refractivity contribution in [3.8, 4) is 11.1 Å². The van der Waals surface area contributed by atoms with Crippen molar-refractivity contribution < 1.29 is 33.3 Å². The molecule has 1 saturated heterocycles. The summed E-state index contributed by atoms with van der Waals surface area (Å²) in [7, 11) is -2.28. The van der Waals surface area contributed by atoms with Gasteiger partial charge >= 0.3 is 11.9 Å². The Morgan fingerprint density at radius 3 is 2.00 bits per heavy atom. The number of benzene rings is 2. The van der Waals surface area contributed by atoms with Crippen LogP contribution in [0.2, 0.25) is 18.1 Å². The van der Waals surface area contributed by atoms with E-state index in [0.717, 1.165) is 75.5 Å². The molecule has 0 bridgehead atoms. The molecule has 2 aromatic rings. The van der Waals surface area contributed by atoms with E-state index in [1.165, 1.54) is 32.1 Å². The number of rotatable bonds is 21. The van der Waals surface area contributed by atoms with Gasteiger partial charge < -0.3 is 23.7 Å². The monoisotopic (exact) mass is 750 g/mol. The minimum atomic E-state index is -2.28. The van der Waals surface area contributed by atoms with Crippen LogP contribution >= 0.6 is 0 Å². The fraction of sp³-hybridized carbons (Fsp3) is 0.689. The molecule has 0 spiro atoms. The van der Waals surface area contributed by atoms with Gasteiger partial charge in [0.1, 0.15) is 6.10 Å². The van der Waals surface area contributed by atoms with Crippen LogP contribution in [0.5, 0.6) is 0 Å². The van der Waals surface area contributed by atoms with Crippen LogP contribution in [0.3, 0.4) is 0 Å². The first-order valence-electron chi connectivity index (χ1n) is 20.8. The predicted molar refractivity (Wildman–Crippen MR) is 217 cm³/mol. The van der Waals surface area contributed by atoms with Gasteiger partial charge in [0.15, 0.2) is 20.2 Å². The first-order chi connectivity index (χ1) is 25.2. The lowest BCUT2D eigenvalue weighted by Gasteiger charge is -2.42. The number of hydrogen-bond donors (Lipinski definition) is 1. The smallest absolute Gasteiger partial charge is 0.338 e. The summed E-state index contributed by atoms with van der Waals surface area (Å²) >= 11 is 0. The molecule has 7 nitrogen and oxygen atoms in total. The van der Waals surface area contributed by atoms with Crippen LogP contribution in [0.1, 0.15) is 148 Å². The van der Waals surface area contributed by atoms with Gasteiger partial charge in [-0.05, 0) is 92.8 Å². The standard InChI is InChI=1S/C45H70O7Si/c1-8-9-10-11-12-17-24-37-38(25-18-14-20-31-45(5,43(47)48)52-53(6,7)44(2,3)4)40(33-39(37)50-41-26-19-21-32-49-41)51-42(46)36-29-27-35(28-30-36)34-22-15-13-16-23-34/h13,15-16,22-23,27-30,37-41H,8-12,14,17-21,24-26,31-33H2,1-7H3,(H,47,48)/t37-,38-,39?,40+,41?,45?/m1/s1. The van der Waals surface area contributed by atoms with E-state index in [9.17, 15) is 14.7 Å². The maximum atomic E-state index is 13.7. The van der Waals surface area contributed by atoms with Crippen LogP contribution in [0, 0.1) is 11.8 Å². The lowest BCUT2D eigenvalue weighted by Crippen LogP contribution is -2.52. The van der Waals surface area contributed by atoms with Crippen molar-refractivity contribution in [3.05, 3.63) is 60.2 Å². The molecule has 296 valence electrons. The molecule has 6 atom stereocenters. The second-order valence-corrected chi connectivity index (χ2v) is 22.2. The maximum Gasteiger partial charge on any atom is 0.338 e. The van der Waals surface area contributed by atoms with Gasteiger partial charge in [-0.15, -0.1) is 0 Å². The third-order valence-corrected chi connectivity index (χ3v) is 16.8. The Balaban J connectivity index is 1.47. The maximum absolute atomic E-state index is 13.7. The highest BCUT2D eigenvalue weighted by Gasteiger charge is 2.47. The molecule has 2 aromatic carbocycles. The van der Waals surface area contributed by atoms with Crippen LogP contribution < -0.4 is 0 Å². The van der Waals surface area contributed by atoms with Crippen molar-refractivity contribution in [1.29, 1.82) is 0 Å². The van der Waals surface area contributed by atoms with Gasteiger partial charge in [0, 0.05) is 18.9 Å². The average Bonchev–Trinajstić information content (AvgIpc) is 3.44. The van der Waals surface area contributed by atoms with Crippen molar-refractivity contribution >= 4 is 20.3 Å². The third kappa shape index (κ3) is 12.8. The van der Waals surface area contributed by atoms with E-state index < -0.39 is 19.9 Å². The summed E-state index contributed by atoms with van der Waals surface area (Å²) in [4.78, 5) is 26.2. The highest BCUT2D eigenvalue weighted by Crippen LogP contribution is 2.44. The van der Waals surface area contributed by atoms with Crippen LogP contribution in [-0.2, 0) is 23.4 Å². The molecule has 1 N–H and O–H groups in total. The third-order valence-electron chi connectivity index (χ3n) is 12.2. The molecule has 0 radical (unpaired) electrons. The van der Waals surface area contributed by atoms with Crippen LogP contribution in [0.4, 0.5) is 0 Å². The molecule has 53 heavy (non-hydrogen) atoms. The molecule has 4 rings (SSSR count). The number of esters is 1. The lowest BCUT2D eigenvalue weighted by atomic mass is 9.84. The molecule has 0 amide bonds. The van der Waals surface area contributed by atoms with Crippen molar-refractivity contribution in [1.82, 2.24) is 0 Å². The van der Waals surface area contributed by atoms with Gasteiger partial charge in [0.05, 0.1) is 11.7 Å². The summed E-state index contributed by atoms with van der Waals surface area (Å²) in [5.74, 6) is -0.726. The lowest BCUT2D eigenvalue weighted by molar-refractivity contribution is -0.196. The number of carbonyl (C=O) groups excluding carboxylic acids is 1. The van der Waals surface area contributed by atoms with Gasteiger partial charge in [-0.3, -0.25) is 0 Å². The Morgan fingerprint density at radius 2 is 1.40 bits per heavy atom. The van der Waals surface area contributed by atoms with E-state index >= 15 is 0 Å². The zero-order valence-electron chi connectivity index (χ0n) is 34.0. The topological polar surface area (TPSA) is 91.3 Å². The Bertz CT molecular complexity index is 1380. The highest BCUT2D eigenvalue weighted by molar-refractivity contribution is 6.74. The molecule has 8 heteroatoms. The molecule has 1 saturated carbocycles. The van der Waals surface area contributed by atoms with Crippen molar-refractivity contribution in [3.63, 3.8) is 0 Å². The SMILES string of the molecule is CCCCCCCC[C@H]1C(OC2CCCCO2)C[C@H](OC(=O)c2ccc(-c3ccccc3)cc2)[C@@H]1CCCCCC(C)(O[Si](C)(C)C(C)(C)C)C(=O)O. The molecular weight excluding hydrogens is 681 g/mol. The van der Waals surface area contributed by atoms with Gasteiger partial charge in [0.2, 0.25) is 0 Å². The van der Waals surface area contributed by atoms with Crippen molar-refractivity contribution in [2.24, 2.45) is 11.8 Å². The zero-order chi connectivity index (χ0) is 38.5. The minimum Gasteiger partial charge on any atom is -0.479 e. The highest BCUT2D eigenvalue weighted by atomic mass is 28.4. The van der Waals surface area contributed by atoms with E-state index in [0.29, 0.717) is 18.4 Å². The van der Waals surface area contributed by atoms with Crippen molar-refractivity contribution in [2.45, 2.75) is 180 Å². The Morgan fingerprint density at radius 1 is 0.792 bits per heavy atom. The summed E-state index contributed by atoms with van der Waals surface area (Å²) < 4.78 is 25.8. The van der Waals surface area contributed by atoms with Gasteiger partial charge in [0.25, 0.3) is 0 Å². The molecule has 3 unspecified atom stereocenters. The van der Waals surface area contributed by atoms with Crippen LogP contribution in [0.15, 0.2) is 54.6 Å². The van der Waals surface area contributed by atoms with Crippen molar-refractivity contribution in [2.75, 3.05) is 6.61 Å². The number of carboxylic acid groups (broad SMARTS) is 1. The normalized spacial score (nSPS) is 23.4. The summed E-state index contributed by atoms with van der Waals surface area (Å²) in [5.41, 5.74) is 1.53. The Hall–Kier alpha value is -2.52. The quantitative estimate of drug-likeness (QED) is 0.0771. The zero-order valence-corrected chi connectivity index (χ0v) is 35.0. The average molecular weight is 751 g/mol. The van der Waals surface area contributed by atoms with Gasteiger partial charge in [-0.25, -0.2) is 9.59 Å². The molecule has 1 aliphatic carbocycles. The number of aliphatic carboxylic acids is 1. The Labute approximate surface area is 322 Å². The number of hydrogen-bond acceptors (Lipinski definition) is 6. The predicted octanol–water partition coefficient (Wildman–Crippen LogP) is 12.0. The number of carbonyl (C=O) groups is 2. The Kier molecular flexibility index (Phi) is 16.6. The fourth-order valence-electron chi connectivity index (χ4n) is 7.97. The molecule has 1 heterocycles. The first-order valence-corrected chi connectivity index (χ1v) is 23.7. The van der Waals surface area contributed by atoms with E-state index in [-0.39, 0.29) is 41.3 Å². The second-order valence-electron chi connectivity index (χ2n) is 17.5. The fourth-order valence-corrected chi connectivity index (χ4v) is 9.59. The molecule has 2 aliphatic rings. The molecule has 2 fully saturated rings. The van der Waals surface area contributed by atoms with E-state index in [1.807, 2.05) is 42.5 Å². The molecule has 0 aromatic heterocycles. The van der Waals surface area contributed by atoms with E-state index in [1.54, 1.807) is 6.92 Å². The number of ether oxygens (including phenoxy) is 3. The first kappa shape index (κ1) is 43.2. The van der Waals surface area contributed by atoms with E-state index in [2.05, 4.69) is 52.9 Å². The largest absolute Gasteiger partial charge is 0.479 e. The van der Waals surface area contributed by atoms with Crippen LogP contribution in [0.25, 0.3) is 11.1 Å². The van der Waals surface area contributed by atoms with Gasteiger partial charge in [-0.2, -0.15) is 0 Å². The summed E-state index contributed by atoms with van der Waals surface area (Å²) in [6, 6.07) is 17.9. The van der Waals surface area contributed by atoms with E-state index in [4.69, 9.17) is 18.6 Å². The minimum absolute atomic E-state index is 0.0229. The summed E-state index contributed by atoms with van der Waals surface area (Å²) in [6.07, 6.45) is 15.7.